The summed E-state index contributed by atoms with van der Waals surface area (Å²) in [5.74, 6) is -0.566. The van der Waals surface area contributed by atoms with Gasteiger partial charge in [0.1, 0.15) is 11.6 Å². The highest BCUT2D eigenvalue weighted by molar-refractivity contribution is 7.92. The van der Waals surface area contributed by atoms with E-state index in [1.54, 1.807) is 0 Å². The van der Waals surface area contributed by atoms with Crippen LogP contribution in [0.25, 0.3) is 0 Å². The van der Waals surface area contributed by atoms with E-state index < -0.39 is 15.8 Å². The highest BCUT2D eigenvalue weighted by Gasteiger charge is 2.21. The van der Waals surface area contributed by atoms with Crippen LogP contribution in [0.4, 0.5) is 10.1 Å². The fraction of sp³-hybridized carbons (Fsp3) is 0.143. The standard InChI is InChI=1S/C14H13ClFNO3S/c1-8-5-10(16)6-9(2)14(8)21(19,20)17-13-4-3-11(18)7-12(13)15/h3-7,17-18H,1-2H3. The minimum Gasteiger partial charge on any atom is -0.508 e. The van der Waals surface area contributed by atoms with E-state index in [1.165, 1.54) is 32.0 Å². The lowest BCUT2D eigenvalue weighted by Gasteiger charge is -2.14. The van der Waals surface area contributed by atoms with Gasteiger partial charge in [0, 0.05) is 6.07 Å². The SMILES string of the molecule is Cc1cc(F)cc(C)c1S(=O)(=O)Nc1ccc(O)cc1Cl. The van der Waals surface area contributed by atoms with E-state index in [9.17, 15) is 17.9 Å². The molecule has 2 aromatic rings. The fourth-order valence-electron chi connectivity index (χ4n) is 2.10. The summed E-state index contributed by atoms with van der Waals surface area (Å²) in [6, 6.07) is 6.20. The zero-order valence-electron chi connectivity index (χ0n) is 11.3. The Hall–Kier alpha value is -1.79. The molecule has 0 radical (unpaired) electrons. The van der Waals surface area contributed by atoms with Gasteiger partial charge >= 0.3 is 0 Å². The van der Waals surface area contributed by atoms with Crippen molar-refractivity contribution in [3.63, 3.8) is 0 Å². The second-order valence-electron chi connectivity index (χ2n) is 4.64. The van der Waals surface area contributed by atoms with Crippen LogP contribution in [0, 0.1) is 19.7 Å². The minimum absolute atomic E-state index is 0.00745. The molecule has 0 spiro atoms. The van der Waals surface area contributed by atoms with Crippen molar-refractivity contribution in [1.82, 2.24) is 0 Å². The lowest BCUT2D eigenvalue weighted by Crippen LogP contribution is -2.16. The van der Waals surface area contributed by atoms with Gasteiger partial charge in [-0.25, -0.2) is 12.8 Å². The van der Waals surface area contributed by atoms with Crippen molar-refractivity contribution in [2.45, 2.75) is 18.7 Å². The van der Waals surface area contributed by atoms with Crippen LogP contribution in [0.3, 0.4) is 0 Å². The van der Waals surface area contributed by atoms with Crippen molar-refractivity contribution in [2.75, 3.05) is 4.72 Å². The van der Waals surface area contributed by atoms with E-state index >= 15 is 0 Å². The van der Waals surface area contributed by atoms with Gasteiger partial charge in [-0.05, 0) is 49.2 Å². The molecule has 0 aromatic heterocycles. The summed E-state index contributed by atoms with van der Waals surface area (Å²) in [5, 5.41) is 9.33. The number of anilines is 1. The van der Waals surface area contributed by atoms with E-state index in [1.807, 2.05) is 0 Å². The van der Waals surface area contributed by atoms with Crippen LogP contribution in [0.5, 0.6) is 5.75 Å². The second kappa shape index (κ2) is 5.54. The number of hydrogen-bond donors (Lipinski definition) is 2. The van der Waals surface area contributed by atoms with Crippen molar-refractivity contribution in [1.29, 1.82) is 0 Å². The monoisotopic (exact) mass is 329 g/mol. The van der Waals surface area contributed by atoms with Crippen molar-refractivity contribution < 1.29 is 17.9 Å². The predicted molar refractivity (Wildman–Crippen MR) is 79.8 cm³/mol. The number of phenolic OH excluding ortho intramolecular Hbond substituents is 1. The molecule has 0 fully saturated rings. The van der Waals surface area contributed by atoms with Crippen LogP contribution in [-0.4, -0.2) is 13.5 Å². The fourth-order valence-corrected chi connectivity index (χ4v) is 3.92. The Bertz CT molecular complexity index is 783. The maximum Gasteiger partial charge on any atom is 0.262 e. The first-order valence-electron chi connectivity index (χ1n) is 5.99. The number of halogens is 2. The number of nitrogens with one attached hydrogen (secondary N) is 1. The van der Waals surface area contributed by atoms with E-state index in [0.29, 0.717) is 11.1 Å². The topological polar surface area (TPSA) is 66.4 Å². The normalized spacial score (nSPS) is 11.4. The summed E-state index contributed by atoms with van der Waals surface area (Å²) in [6.07, 6.45) is 0. The van der Waals surface area contributed by atoms with Crippen LogP contribution < -0.4 is 4.72 Å². The molecule has 0 heterocycles. The Morgan fingerprint density at radius 2 is 1.71 bits per heavy atom. The zero-order chi connectivity index (χ0) is 15.8. The van der Waals surface area contributed by atoms with Gasteiger partial charge in [-0.2, -0.15) is 0 Å². The van der Waals surface area contributed by atoms with Crippen LogP contribution in [-0.2, 0) is 10.0 Å². The van der Waals surface area contributed by atoms with Gasteiger partial charge in [-0.15, -0.1) is 0 Å². The molecule has 4 nitrogen and oxygen atoms in total. The summed E-state index contributed by atoms with van der Waals surface area (Å²) >= 11 is 5.88. The van der Waals surface area contributed by atoms with E-state index in [0.717, 1.165) is 12.1 Å². The van der Waals surface area contributed by atoms with Crippen LogP contribution >= 0.6 is 11.6 Å². The molecule has 7 heteroatoms. The average molecular weight is 330 g/mol. The largest absolute Gasteiger partial charge is 0.508 e. The summed E-state index contributed by atoms with van der Waals surface area (Å²) in [6.45, 7) is 3.03. The molecular weight excluding hydrogens is 317 g/mol. The molecule has 21 heavy (non-hydrogen) atoms. The quantitative estimate of drug-likeness (QED) is 0.845. The van der Waals surface area contributed by atoms with Gasteiger partial charge < -0.3 is 5.11 Å². The number of sulfonamides is 1. The molecule has 112 valence electrons. The molecule has 0 aliphatic rings. The summed E-state index contributed by atoms with van der Waals surface area (Å²) in [5.41, 5.74) is 0.738. The zero-order valence-corrected chi connectivity index (χ0v) is 12.9. The first-order chi connectivity index (χ1) is 9.70. The third kappa shape index (κ3) is 3.28. The van der Waals surface area contributed by atoms with Crippen LogP contribution in [0.1, 0.15) is 11.1 Å². The molecule has 0 amide bonds. The number of rotatable bonds is 3. The Morgan fingerprint density at radius 3 is 2.24 bits per heavy atom. The number of benzene rings is 2. The Balaban J connectivity index is 2.48. The van der Waals surface area contributed by atoms with Crippen molar-refractivity contribution in [3.8, 4) is 5.75 Å². The lowest BCUT2D eigenvalue weighted by molar-refractivity contribution is 0.475. The van der Waals surface area contributed by atoms with Gasteiger partial charge in [0.25, 0.3) is 10.0 Å². The van der Waals surface area contributed by atoms with Gasteiger partial charge in [-0.1, -0.05) is 11.6 Å². The highest BCUT2D eigenvalue weighted by Crippen LogP contribution is 2.30. The smallest absolute Gasteiger partial charge is 0.262 e. The molecule has 0 bridgehead atoms. The first kappa shape index (κ1) is 15.6. The van der Waals surface area contributed by atoms with E-state index in [2.05, 4.69) is 4.72 Å². The molecule has 0 aliphatic heterocycles. The molecule has 0 saturated heterocycles. The number of phenols is 1. The molecule has 0 saturated carbocycles. The number of aryl methyl sites for hydroxylation is 2. The molecule has 2 rings (SSSR count). The highest BCUT2D eigenvalue weighted by atomic mass is 35.5. The van der Waals surface area contributed by atoms with Crippen LogP contribution in [0.2, 0.25) is 5.02 Å². The maximum absolute atomic E-state index is 13.3. The molecule has 0 aliphatic carbocycles. The Labute approximate surface area is 127 Å². The van der Waals surface area contributed by atoms with Crippen LogP contribution in [0.15, 0.2) is 35.2 Å². The van der Waals surface area contributed by atoms with Gasteiger partial charge in [-0.3, -0.25) is 4.72 Å². The molecule has 0 unspecified atom stereocenters. The van der Waals surface area contributed by atoms with Crippen molar-refractivity contribution in [2.24, 2.45) is 0 Å². The number of aromatic hydroxyl groups is 1. The minimum atomic E-state index is -3.91. The molecule has 2 aromatic carbocycles. The van der Waals surface area contributed by atoms with E-state index in [-0.39, 0.29) is 21.4 Å². The Kier molecular flexibility index (Phi) is 4.11. The summed E-state index contributed by atoms with van der Waals surface area (Å²) in [7, 11) is -3.91. The molecule has 0 atom stereocenters. The summed E-state index contributed by atoms with van der Waals surface area (Å²) < 4.78 is 40.5. The van der Waals surface area contributed by atoms with E-state index in [4.69, 9.17) is 11.6 Å². The van der Waals surface area contributed by atoms with Crippen molar-refractivity contribution in [3.05, 3.63) is 52.3 Å². The third-order valence-corrected chi connectivity index (χ3v) is 4.87. The predicted octanol–water partition coefficient (Wildman–Crippen LogP) is 3.60. The molecule has 2 N–H and O–H groups in total. The van der Waals surface area contributed by atoms with Crippen molar-refractivity contribution >= 4 is 27.3 Å². The van der Waals surface area contributed by atoms with Gasteiger partial charge in [0.05, 0.1) is 15.6 Å². The summed E-state index contributed by atoms with van der Waals surface area (Å²) in [4.78, 5) is 0.00745. The average Bonchev–Trinajstić information content (AvgIpc) is 2.30. The Morgan fingerprint density at radius 1 is 1.14 bits per heavy atom. The first-order valence-corrected chi connectivity index (χ1v) is 7.85. The maximum atomic E-state index is 13.3. The van der Waals surface area contributed by atoms with Gasteiger partial charge in [0.2, 0.25) is 0 Å². The third-order valence-electron chi connectivity index (χ3n) is 2.89. The van der Waals surface area contributed by atoms with Gasteiger partial charge in [0.15, 0.2) is 0 Å². The second-order valence-corrected chi connectivity index (χ2v) is 6.66. The number of hydrogen-bond acceptors (Lipinski definition) is 3. The lowest BCUT2D eigenvalue weighted by atomic mass is 10.1. The molecular formula is C14H13ClFNO3S.